The summed E-state index contributed by atoms with van der Waals surface area (Å²) < 4.78 is 8.13. The van der Waals surface area contributed by atoms with Crippen molar-refractivity contribution < 1.29 is 4.74 Å². The van der Waals surface area contributed by atoms with Crippen molar-refractivity contribution in [3.05, 3.63) is 388 Å². The quantitative estimate of drug-likeness (QED) is 0.0952. The van der Waals surface area contributed by atoms with Crippen LogP contribution in [-0.4, -0.2) is 13.4 Å². The Labute approximate surface area is 627 Å². The van der Waals surface area contributed by atoms with E-state index in [9.17, 15) is 0 Å². The van der Waals surface area contributed by atoms with Crippen LogP contribution in [0.1, 0.15) is 25.3 Å². The molecule has 0 bridgehead atoms. The minimum atomic E-state index is -0.287. The molecule has 0 saturated heterocycles. The van der Waals surface area contributed by atoms with Gasteiger partial charge in [0.2, 0.25) is 0 Å². The van der Waals surface area contributed by atoms with Crippen molar-refractivity contribution in [2.75, 3.05) is 19.6 Å². The maximum Gasteiger partial charge on any atom is 0.256 e. The first kappa shape index (κ1) is 63.3. The zero-order valence-corrected chi connectivity index (χ0v) is 59.3. The van der Waals surface area contributed by atoms with Gasteiger partial charge in [-0.2, -0.15) is 0 Å². The Kier molecular flexibility index (Phi) is 15.8. The molecular formula is C100H72B2N4O. The van der Waals surface area contributed by atoms with Crippen molar-refractivity contribution in [1.29, 1.82) is 0 Å². The summed E-state index contributed by atoms with van der Waals surface area (Å²) >= 11 is 0. The van der Waals surface area contributed by atoms with Crippen molar-refractivity contribution in [2.24, 2.45) is 0 Å². The lowest BCUT2D eigenvalue weighted by Crippen LogP contribution is -2.64. The molecule has 4 aliphatic heterocycles. The second-order valence-corrected chi connectivity index (χ2v) is 28.4. The summed E-state index contributed by atoms with van der Waals surface area (Å²) in [6, 6.07) is 142. The van der Waals surface area contributed by atoms with Gasteiger partial charge >= 0.3 is 0 Å². The Morgan fingerprint density at radius 1 is 0.262 bits per heavy atom. The summed E-state index contributed by atoms with van der Waals surface area (Å²) in [4.78, 5) is 10.3. The number of aryl methyl sites for hydroxylation is 1. The number of nitrogens with zero attached hydrogens (tertiary/aromatic N) is 4. The molecule has 504 valence electrons. The summed E-state index contributed by atoms with van der Waals surface area (Å²) in [5, 5.41) is 0. The molecule has 107 heavy (non-hydrogen) atoms. The molecule has 0 amide bonds. The first-order valence-corrected chi connectivity index (χ1v) is 37.5. The summed E-state index contributed by atoms with van der Waals surface area (Å²) in [5.41, 5.74) is 35.1. The highest BCUT2D eigenvalue weighted by atomic mass is 16.5. The SMILES string of the molecule is CCCCc1cc2c3c(c1)N(c1c(-c4ccccc4)cccc1-c1ccccc1)c1cc4c(cc1B3c1ccccc1N2c1c(-c2ccccc2)cccc1-c1ccccc1)B1c2ccccc2N(c2c(-c3ccccc3)cccc2-c2ccccc2)c2cc(N(c3ccccc3)c3ccccc3)cc(c21)O4. The summed E-state index contributed by atoms with van der Waals surface area (Å²) in [5.74, 6) is 1.62. The lowest BCUT2D eigenvalue weighted by atomic mass is 9.30. The minimum absolute atomic E-state index is 0.243. The molecule has 20 rings (SSSR count). The monoisotopic (exact) mass is 1370 g/mol. The lowest BCUT2D eigenvalue weighted by Gasteiger charge is -2.47. The smallest absolute Gasteiger partial charge is 0.256 e. The third-order valence-electron chi connectivity index (χ3n) is 22.2. The molecule has 0 aromatic heterocycles. The number of benzene rings is 16. The van der Waals surface area contributed by atoms with Crippen LogP contribution < -0.4 is 57.1 Å². The van der Waals surface area contributed by atoms with E-state index in [0.29, 0.717) is 0 Å². The van der Waals surface area contributed by atoms with Crippen molar-refractivity contribution in [3.63, 3.8) is 0 Å². The summed E-state index contributed by atoms with van der Waals surface area (Å²) in [6.07, 6.45) is 2.98. The lowest BCUT2D eigenvalue weighted by molar-refractivity contribution is 0.488. The summed E-state index contributed by atoms with van der Waals surface area (Å²) in [7, 11) is 0. The van der Waals surface area contributed by atoms with Crippen molar-refractivity contribution >= 4 is 114 Å². The van der Waals surface area contributed by atoms with Crippen LogP contribution in [0.5, 0.6) is 11.5 Å². The van der Waals surface area contributed by atoms with E-state index in [-0.39, 0.29) is 13.4 Å². The van der Waals surface area contributed by atoms with Crippen molar-refractivity contribution in [3.8, 4) is 78.3 Å². The van der Waals surface area contributed by atoms with E-state index in [0.717, 1.165) is 171 Å². The Morgan fingerprint density at radius 2 is 0.598 bits per heavy atom. The number of hydrogen-bond acceptors (Lipinski definition) is 5. The number of unbranched alkanes of at least 4 members (excludes halogenated alkanes) is 1. The molecule has 0 fully saturated rings. The summed E-state index contributed by atoms with van der Waals surface area (Å²) in [6.45, 7) is 1.79. The largest absolute Gasteiger partial charge is 0.458 e. The maximum atomic E-state index is 8.13. The van der Waals surface area contributed by atoms with Crippen LogP contribution in [0, 0.1) is 0 Å². The highest BCUT2D eigenvalue weighted by Gasteiger charge is 2.49. The number of fused-ring (bicyclic) bond motifs is 8. The number of hydrogen-bond donors (Lipinski definition) is 0. The zero-order valence-electron chi connectivity index (χ0n) is 59.3. The van der Waals surface area contributed by atoms with Crippen LogP contribution in [0.3, 0.4) is 0 Å². The predicted octanol–water partition coefficient (Wildman–Crippen LogP) is 23.0. The van der Waals surface area contributed by atoms with Gasteiger partial charge in [-0.25, -0.2) is 0 Å². The molecule has 0 aliphatic carbocycles. The molecular weight excluding hydrogens is 1290 g/mol. The van der Waals surface area contributed by atoms with Gasteiger partial charge in [-0.15, -0.1) is 0 Å². The number of anilines is 12. The third kappa shape index (κ3) is 10.7. The van der Waals surface area contributed by atoms with Crippen LogP contribution in [0.2, 0.25) is 0 Å². The Bertz CT molecular complexity index is 5830. The van der Waals surface area contributed by atoms with Crippen LogP contribution in [-0.2, 0) is 6.42 Å². The second kappa shape index (κ2) is 26.7. The Morgan fingerprint density at radius 3 is 0.981 bits per heavy atom. The van der Waals surface area contributed by atoms with Gasteiger partial charge in [-0.3, -0.25) is 0 Å². The highest BCUT2D eigenvalue weighted by molar-refractivity contribution is 7.02. The molecule has 16 aromatic carbocycles. The molecule has 4 heterocycles. The van der Waals surface area contributed by atoms with Crippen molar-refractivity contribution in [1.82, 2.24) is 0 Å². The van der Waals surface area contributed by atoms with E-state index in [1.807, 2.05) is 0 Å². The third-order valence-corrected chi connectivity index (χ3v) is 22.2. The van der Waals surface area contributed by atoms with E-state index in [4.69, 9.17) is 4.74 Å². The average Bonchev–Trinajstić information content (AvgIpc) is 0.685. The maximum absolute atomic E-state index is 8.13. The standard InChI is InChI=1S/C100H72B2N4O/c1-2-3-35-68-62-91-96-92(63-68)106(100-82(73-44-20-8-21-45-73)56-34-57-83(100)74-46-22-9-23-47-74)90-67-94-87(66-86(90)101(96)84-58-28-30-60-88(84)104(91)98-78(69-36-12-4-13-37-69)52-32-53-79(98)70-38-14-5-15-39-70)102-85-59-29-31-61-89(85)105(99-80(71-40-16-6-17-41-71)54-33-55-81(99)72-42-18-7-19-43-72)93-64-77(65-95(107-94)97(93)102)103(75-48-24-10-25-49-75)76-50-26-11-27-51-76/h4-34,36-67H,2-3,35H2,1H3. The fourth-order valence-electron chi connectivity index (χ4n) is 17.6. The first-order valence-electron chi connectivity index (χ1n) is 37.5. The predicted molar refractivity (Wildman–Crippen MR) is 452 cm³/mol. The molecule has 0 saturated carbocycles. The van der Waals surface area contributed by atoms with Gasteiger partial charge in [0.05, 0.1) is 22.7 Å². The molecule has 0 radical (unpaired) electrons. The van der Waals surface area contributed by atoms with E-state index >= 15 is 0 Å². The van der Waals surface area contributed by atoms with Crippen LogP contribution in [0.4, 0.5) is 68.2 Å². The molecule has 0 spiro atoms. The van der Waals surface area contributed by atoms with E-state index in [2.05, 4.69) is 409 Å². The van der Waals surface area contributed by atoms with Crippen molar-refractivity contribution in [2.45, 2.75) is 26.2 Å². The van der Waals surface area contributed by atoms with E-state index in [1.54, 1.807) is 0 Å². The van der Waals surface area contributed by atoms with Crippen LogP contribution >= 0.6 is 0 Å². The Balaban J connectivity index is 0.910. The Hall–Kier alpha value is -13.4. The topological polar surface area (TPSA) is 22.2 Å². The van der Waals surface area contributed by atoms with Gasteiger partial charge in [0.25, 0.3) is 13.4 Å². The fourth-order valence-corrected chi connectivity index (χ4v) is 17.6. The molecule has 4 aliphatic rings. The normalized spacial score (nSPS) is 12.6. The minimum Gasteiger partial charge on any atom is -0.458 e. The van der Waals surface area contributed by atoms with Gasteiger partial charge in [-0.1, -0.05) is 329 Å². The molecule has 16 aromatic rings. The molecule has 0 unspecified atom stereocenters. The van der Waals surface area contributed by atoms with E-state index < -0.39 is 0 Å². The zero-order chi connectivity index (χ0) is 70.9. The molecule has 0 N–H and O–H groups in total. The number of ether oxygens (including phenoxy) is 1. The fraction of sp³-hybridized carbons (Fsp3) is 0.0400. The molecule has 7 heteroatoms. The van der Waals surface area contributed by atoms with Gasteiger partial charge in [-0.05, 0) is 139 Å². The van der Waals surface area contributed by atoms with Crippen LogP contribution in [0.25, 0.3) is 66.8 Å². The second-order valence-electron chi connectivity index (χ2n) is 28.4. The molecule has 0 atom stereocenters. The highest BCUT2D eigenvalue weighted by Crippen LogP contribution is 2.56. The van der Waals surface area contributed by atoms with Gasteiger partial charge in [0, 0.05) is 91.0 Å². The van der Waals surface area contributed by atoms with Gasteiger partial charge in [0.1, 0.15) is 11.5 Å². The molecule has 5 nitrogen and oxygen atoms in total. The first-order chi connectivity index (χ1) is 53.1. The van der Waals surface area contributed by atoms with Gasteiger partial charge < -0.3 is 24.3 Å². The van der Waals surface area contributed by atoms with Crippen LogP contribution in [0.15, 0.2) is 382 Å². The van der Waals surface area contributed by atoms with Gasteiger partial charge in [0.15, 0.2) is 0 Å². The number of para-hydroxylation sites is 7. The van der Waals surface area contributed by atoms with E-state index in [1.165, 1.54) is 33.1 Å². The average molecular weight is 1370 g/mol. The number of rotatable bonds is 15.